The molecule has 0 aliphatic rings. The van der Waals surface area contributed by atoms with Gasteiger partial charge in [0.2, 0.25) is 0 Å². The number of hydrogen-bond acceptors (Lipinski definition) is 4. The molecule has 0 atom stereocenters. The third-order valence-corrected chi connectivity index (χ3v) is 5.83. The van der Waals surface area contributed by atoms with Gasteiger partial charge in [0.05, 0.1) is 5.75 Å². The molecule has 30 heavy (non-hydrogen) atoms. The zero-order chi connectivity index (χ0) is 21.9. The van der Waals surface area contributed by atoms with Gasteiger partial charge in [-0.3, -0.25) is 4.79 Å². The fourth-order valence-corrected chi connectivity index (χ4v) is 4.27. The second-order valence-corrected chi connectivity index (χ2v) is 7.95. The van der Waals surface area contributed by atoms with E-state index in [-0.39, 0.29) is 11.5 Å². The molecular formula is C21H23F3N4OS. The number of hydrogen-bond donors (Lipinski definition) is 0. The van der Waals surface area contributed by atoms with Crippen LogP contribution in [0.15, 0.2) is 41.6 Å². The SMILES string of the molecule is CCn1c(Cc2ccccc2)nnc1SCC(=O)c1cc(C)n(CC(F)(F)F)c1C. The Morgan fingerprint density at radius 3 is 2.43 bits per heavy atom. The first kappa shape index (κ1) is 22.1. The van der Waals surface area contributed by atoms with E-state index in [1.54, 1.807) is 13.8 Å². The van der Waals surface area contributed by atoms with E-state index in [4.69, 9.17) is 0 Å². The minimum Gasteiger partial charge on any atom is -0.339 e. The van der Waals surface area contributed by atoms with Gasteiger partial charge in [-0.05, 0) is 32.4 Å². The van der Waals surface area contributed by atoms with Crippen molar-refractivity contribution in [1.82, 2.24) is 19.3 Å². The van der Waals surface area contributed by atoms with Gasteiger partial charge in [-0.15, -0.1) is 10.2 Å². The minimum atomic E-state index is -4.34. The highest BCUT2D eigenvalue weighted by atomic mass is 32.2. The summed E-state index contributed by atoms with van der Waals surface area (Å²) in [6.45, 7) is 4.66. The fourth-order valence-electron chi connectivity index (χ4n) is 3.37. The smallest absolute Gasteiger partial charge is 0.339 e. The molecule has 2 heterocycles. The Kier molecular flexibility index (Phi) is 6.70. The summed E-state index contributed by atoms with van der Waals surface area (Å²) in [6.07, 6.45) is -3.70. The molecule has 0 aliphatic carbocycles. The van der Waals surface area contributed by atoms with Gasteiger partial charge >= 0.3 is 6.18 Å². The Bertz CT molecular complexity index is 1030. The van der Waals surface area contributed by atoms with E-state index in [0.717, 1.165) is 16.0 Å². The molecule has 0 saturated heterocycles. The van der Waals surface area contributed by atoms with Crippen LogP contribution in [0.3, 0.4) is 0 Å². The Labute approximate surface area is 177 Å². The summed E-state index contributed by atoms with van der Waals surface area (Å²) in [5, 5.41) is 9.10. The quantitative estimate of drug-likeness (QED) is 0.374. The van der Waals surface area contributed by atoms with Crippen molar-refractivity contribution in [3.8, 4) is 0 Å². The molecule has 3 rings (SSSR count). The lowest BCUT2D eigenvalue weighted by Gasteiger charge is -2.12. The number of benzene rings is 1. The molecular weight excluding hydrogens is 413 g/mol. The van der Waals surface area contributed by atoms with Gasteiger partial charge in [0.25, 0.3) is 0 Å². The summed E-state index contributed by atoms with van der Waals surface area (Å²) in [5.41, 5.74) is 2.18. The monoisotopic (exact) mass is 436 g/mol. The van der Waals surface area contributed by atoms with Crippen molar-refractivity contribution in [2.24, 2.45) is 0 Å². The topological polar surface area (TPSA) is 52.7 Å². The Hall–Kier alpha value is -2.55. The van der Waals surface area contributed by atoms with E-state index >= 15 is 0 Å². The van der Waals surface area contributed by atoms with Crippen LogP contribution in [0.4, 0.5) is 13.2 Å². The van der Waals surface area contributed by atoms with E-state index in [0.29, 0.717) is 35.1 Å². The van der Waals surface area contributed by atoms with Crippen LogP contribution >= 0.6 is 11.8 Å². The van der Waals surface area contributed by atoms with Crippen LogP contribution in [0.25, 0.3) is 0 Å². The lowest BCUT2D eigenvalue weighted by Crippen LogP contribution is -2.19. The molecule has 5 nitrogen and oxygen atoms in total. The summed E-state index contributed by atoms with van der Waals surface area (Å²) in [4.78, 5) is 12.7. The van der Waals surface area contributed by atoms with E-state index in [9.17, 15) is 18.0 Å². The number of aryl methyl sites for hydroxylation is 1. The molecule has 9 heteroatoms. The van der Waals surface area contributed by atoms with Gasteiger partial charge in [-0.25, -0.2) is 0 Å². The van der Waals surface area contributed by atoms with Crippen molar-refractivity contribution in [1.29, 1.82) is 0 Å². The van der Waals surface area contributed by atoms with E-state index in [1.165, 1.54) is 17.8 Å². The van der Waals surface area contributed by atoms with Crippen LogP contribution in [-0.4, -0.2) is 37.0 Å². The van der Waals surface area contributed by atoms with Crippen molar-refractivity contribution < 1.29 is 18.0 Å². The molecule has 0 spiro atoms. The van der Waals surface area contributed by atoms with Crippen molar-refractivity contribution in [2.45, 2.75) is 51.6 Å². The van der Waals surface area contributed by atoms with Crippen molar-refractivity contribution in [2.75, 3.05) is 5.75 Å². The second-order valence-electron chi connectivity index (χ2n) is 7.00. The highest BCUT2D eigenvalue weighted by molar-refractivity contribution is 7.99. The molecule has 0 aliphatic heterocycles. The van der Waals surface area contributed by atoms with Gasteiger partial charge in [-0.1, -0.05) is 42.1 Å². The minimum absolute atomic E-state index is 0.0831. The molecule has 1 aromatic carbocycles. The van der Waals surface area contributed by atoms with Gasteiger partial charge in [0.1, 0.15) is 12.4 Å². The zero-order valence-corrected chi connectivity index (χ0v) is 17.8. The van der Waals surface area contributed by atoms with Gasteiger partial charge in [0.15, 0.2) is 10.9 Å². The number of alkyl halides is 3. The Morgan fingerprint density at radius 1 is 1.10 bits per heavy atom. The normalized spacial score (nSPS) is 11.8. The number of carbonyl (C=O) groups is 1. The third-order valence-electron chi connectivity index (χ3n) is 4.86. The predicted molar refractivity (Wildman–Crippen MR) is 110 cm³/mol. The number of thioether (sulfide) groups is 1. The molecule has 0 amide bonds. The highest BCUT2D eigenvalue weighted by Gasteiger charge is 2.30. The maximum Gasteiger partial charge on any atom is 0.406 e. The maximum absolute atomic E-state index is 12.8. The molecule has 2 aromatic heterocycles. The number of nitrogens with zero attached hydrogens (tertiary/aromatic N) is 4. The van der Waals surface area contributed by atoms with Crippen LogP contribution in [0.1, 0.15) is 40.1 Å². The number of carbonyl (C=O) groups excluding carboxylic acids is 1. The zero-order valence-electron chi connectivity index (χ0n) is 17.0. The second kappa shape index (κ2) is 9.07. The highest BCUT2D eigenvalue weighted by Crippen LogP contribution is 2.25. The van der Waals surface area contributed by atoms with E-state index in [1.807, 2.05) is 41.8 Å². The van der Waals surface area contributed by atoms with E-state index < -0.39 is 12.7 Å². The molecule has 0 saturated carbocycles. The summed E-state index contributed by atoms with van der Waals surface area (Å²) >= 11 is 1.25. The number of aromatic nitrogens is 4. The molecule has 3 aromatic rings. The van der Waals surface area contributed by atoms with Crippen LogP contribution in [-0.2, 0) is 19.5 Å². The lowest BCUT2D eigenvalue weighted by atomic mass is 10.1. The molecule has 0 unspecified atom stereocenters. The van der Waals surface area contributed by atoms with Crippen molar-refractivity contribution in [3.05, 3.63) is 64.7 Å². The van der Waals surface area contributed by atoms with Crippen LogP contribution in [0.5, 0.6) is 0 Å². The van der Waals surface area contributed by atoms with Crippen molar-refractivity contribution >= 4 is 17.5 Å². The van der Waals surface area contributed by atoms with Gasteiger partial charge < -0.3 is 9.13 Å². The first-order valence-electron chi connectivity index (χ1n) is 9.55. The largest absolute Gasteiger partial charge is 0.406 e. The average Bonchev–Trinajstić information content (AvgIpc) is 3.21. The number of halogens is 3. The number of rotatable bonds is 8. The molecule has 0 fully saturated rings. The summed E-state index contributed by atoms with van der Waals surface area (Å²) < 4.78 is 41.5. The first-order valence-corrected chi connectivity index (χ1v) is 10.5. The summed E-state index contributed by atoms with van der Waals surface area (Å²) in [7, 11) is 0. The van der Waals surface area contributed by atoms with Crippen molar-refractivity contribution in [3.63, 3.8) is 0 Å². The maximum atomic E-state index is 12.8. The predicted octanol–water partition coefficient (Wildman–Crippen LogP) is 4.84. The molecule has 0 radical (unpaired) electrons. The Morgan fingerprint density at radius 2 is 1.80 bits per heavy atom. The standard InChI is InChI=1S/C21H23F3N4OS/c1-4-27-19(11-16-8-6-5-7-9-16)25-26-20(27)30-12-18(29)17-10-14(2)28(15(17)3)13-21(22,23)24/h5-10H,4,11-13H2,1-3H3. The summed E-state index contributed by atoms with van der Waals surface area (Å²) in [5.74, 6) is 0.665. The van der Waals surface area contributed by atoms with Crippen LogP contribution < -0.4 is 0 Å². The van der Waals surface area contributed by atoms with E-state index in [2.05, 4.69) is 10.2 Å². The third kappa shape index (κ3) is 5.13. The molecule has 160 valence electrons. The van der Waals surface area contributed by atoms with Crippen LogP contribution in [0.2, 0.25) is 0 Å². The molecule has 0 bridgehead atoms. The lowest BCUT2D eigenvalue weighted by molar-refractivity contribution is -0.141. The Balaban J connectivity index is 1.72. The fraction of sp³-hybridized carbons (Fsp3) is 0.381. The number of ketones is 1. The summed E-state index contributed by atoms with van der Waals surface area (Å²) in [6, 6.07) is 11.4. The first-order chi connectivity index (χ1) is 14.2. The van der Waals surface area contributed by atoms with Crippen LogP contribution in [0, 0.1) is 13.8 Å². The average molecular weight is 437 g/mol. The molecule has 0 N–H and O–H groups in total. The number of Topliss-reactive ketones (excluding diaryl/α,β-unsaturated/α-hetero) is 1. The van der Waals surface area contributed by atoms with Gasteiger partial charge in [-0.2, -0.15) is 13.2 Å². The van der Waals surface area contributed by atoms with Gasteiger partial charge in [0, 0.05) is 29.9 Å².